The molecule has 2 N–H and O–H groups in total. The molecule has 1 atom stereocenters. The second kappa shape index (κ2) is 10.4. The van der Waals surface area contributed by atoms with Crippen LogP contribution < -0.4 is 5.32 Å². The number of carboxylic acid groups (broad SMARTS) is 1. The average molecular weight is 355 g/mol. The Morgan fingerprint density at radius 3 is 2.38 bits per heavy atom. The van der Waals surface area contributed by atoms with Gasteiger partial charge in [0.25, 0.3) is 0 Å². The van der Waals surface area contributed by atoms with E-state index in [1.54, 1.807) is 19.1 Å². The summed E-state index contributed by atoms with van der Waals surface area (Å²) in [5.41, 5.74) is 2.77. The van der Waals surface area contributed by atoms with Crippen LogP contribution in [-0.4, -0.2) is 23.6 Å². The molecule has 0 bridgehead atoms. The zero-order chi connectivity index (χ0) is 18.8. The van der Waals surface area contributed by atoms with Gasteiger partial charge in [-0.3, -0.25) is 9.59 Å². The Kier molecular flexibility index (Phi) is 7.83. The number of hydrogen-bond donors (Lipinski definition) is 2. The van der Waals surface area contributed by atoms with E-state index >= 15 is 0 Å². The fourth-order valence-corrected chi connectivity index (χ4v) is 2.49. The molecule has 26 heavy (non-hydrogen) atoms. The van der Waals surface area contributed by atoms with E-state index in [0.717, 1.165) is 11.1 Å². The monoisotopic (exact) mass is 355 g/mol. The molecule has 0 aliphatic heterocycles. The van der Waals surface area contributed by atoms with Gasteiger partial charge in [0, 0.05) is 18.7 Å². The van der Waals surface area contributed by atoms with Crippen molar-refractivity contribution in [1.29, 1.82) is 0 Å². The van der Waals surface area contributed by atoms with Crippen LogP contribution in [0.25, 0.3) is 0 Å². The molecule has 0 saturated heterocycles. The van der Waals surface area contributed by atoms with Gasteiger partial charge in [0.2, 0.25) is 5.91 Å². The fraction of sp³-hybridized carbons (Fsp3) is 0.333. The van der Waals surface area contributed by atoms with Gasteiger partial charge in [-0.2, -0.15) is 0 Å². The second-order valence-electron chi connectivity index (χ2n) is 6.33. The summed E-state index contributed by atoms with van der Waals surface area (Å²) in [6.07, 6.45) is 1.53. The minimum Gasteiger partial charge on any atom is -0.481 e. The minimum atomic E-state index is -0.808. The van der Waals surface area contributed by atoms with Crippen LogP contribution in [0.4, 0.5) is 5.69 Å². The smallest absolute Gasteiger partial charge is 0.306 e. The second-order valence-corrected chi connectivity index (χ2v) is 6.33. The molecule has 0 heterocycles. The highest BCUT2D eigenvalue weighted by Crippen LogP contribution is 2.14. The lowest BCUT2D eigenvalue weighted by Crippen LogP contribution is -2.13. The van der Waals surface area contributed by atoms with Gasteiger partial charge in [-0.1, -0.05) is 49.4 Å². The Bertz CT molecular complexity index is 698. The number of amides is 1. The van der Waals surface area contributed by atoms with E-state index in [2.05, 4.69) is 5.32 Å². The van der Waals surface area contributed by atoms with Gasteiger partial charge in [0.15, 0.2) is 0 Å². The van der Waals surface area contributed by atoms with Crippen LogP contribution in [0.1, 0.15) is 30.9 Å². The molecule has 2 aromatic carbocycles. The van der Waals surface area contributed by atoms with Crippen molar-refractivity contribution < 1.29 is 19.4 Å². The Hall–Kier alpha value is -2.66. The third-order valence-electron chi connectivity index (χ3n) is 4.01. The first kappa shape index (κ1) is 19.7. The first-order valence-corrected chi connectivity index (χ1v) is 8.78. The van der Waals surface area contributed by atoms with Crippen LogP contribution >= 0.6 is 0 Å². The number of carboxylic acids is 1. The molecule has 0 fully saturated rings. The lowest BCUT2D eigenvalue weighted by molar-refractivity contribution is -0.141. The maximum absolute atomic E-state index is 12.0. The predicted molar refractivity (Wildman–Crippen MR) is 101 cm³/mol. The Morgan fingerprint density at radius 1 is 1.04 bits per heavy atom. The number of benzene rings is 2. The van der Waals surface area contributed by atoms with Crippen LogP contribution in [0.3, 0.4) is 0 Å². The summed E-state index contributed by atoms with van der Waals surface area (Å²) in [5.74, 6) is -1.29. The molecule has 0 saturated carbocycles. The van der Waals surface area contributed by atoms with Crippen molar-refractivity contribution in [2.24, 2.45) is 5.92 Å². The quantitative estimate of drug-likeness (QED) is 0.634. The number of carbonyl (C=O) groups is 2. The average Bonchev–Trinajstić information content (AvgIpc) is 2.64. The van der Waals surface area contributed by atoms with Crippen molar-refractivity contribution in [3.05, 3.63) is 65.7 Å². The first-order chi connectivity index (χ1) is 12.5. The van der Waals surface area contributed by atoms with Gasteiger partial charge >= 0.3 is 5.97 Å². The van der Waals surface area contributed by atoms with Crippen LogP contribution in [0.5, 0.6) is 0 Å². The molecular weight excluding hydrogens is 330 g/mol. The number of rotatable bonds is 10. The van der Waals surface area contributed by atoms with Crippen molar-refractivity contribution in [1.82, 2.24) is 0 Å². The molecule has 1 amide bonds. The van der Waals surface area contributed by atoms with Crippen molar-refractivity contribution in [3.8, 4) is 0 Å². The summed E-state index contributed by atoms with van der Waals surface area (Å²) in [6, 6.07) is 17.2. The number of anilines is 1. The summed E-state index contributed by atoms with van der Waals surface area (Å²) in [6.45, 7) is 2.77. The summed E-state index contributed by atoms with van der Waals surface area (Å²) >= 11 is 0. The molecule has 1 unspecified atom stereocenters. The summed E-state index contributed by atoms with van der Waals surface area (Å²) < 4.78 is 5.56. The number of nitrogens with one attached hydrogen (secondary N) is 1. The molecule has 0 radical (unpaired) electrons. The summed E-state index contributed by atoms with van der Waals surface area (Å²) in [5, 5.41) is 11.8. The summed E-state index contributed by atoms with van der Waals surface area (Å²) in [7, 11) is 0. The highest BCUT2D eigenvalue weighted by molar-refractivity contribution is 5.90. The Balaban J connectivity index is 1.65. The SMILES string of the molecule is CC(Cc1ccc(NC(=O)CCCOCc2ccccc2)cc1)C(=O)O. The predicted octanol–water partition coefficient (Wildman–Crippen LogP) is 3.89. The lowest BCUT2D eigenvalue weighted by Gasteiger charge is -2.09. The van der Waals surface area contributed by atoms with Crippen molar-refractivity contribution in [3.63, 3.8) is 0 Å². The van der Waals surface area contributed by atoms with Gasteiger partial charge in [-0.25, -0.2) is 0 Å². The molecule has 0 aromatic heterocycles. The number of aliphatic carboxylic acids is 1. The van der Waals surface area contributed by atoms with E-state index in [1.165, 1.54) is 0 Å². The maximum atomic E-state index is 12.0. The van der Waals surface area contributed by atoms with Gasteiger partial charge < -0.3 is 15.2 Å². The van der Waals surface area contributed by atoms with Gasteiger partial charge in [-0.05, 0) is 36.1 Å². The van der Waals surface area contributed by atoms with Crippen molar-refractivity contribution in [2.45, 2.75) is 32.8 Å². The largest absolute Gasteiger partial charge is 0.481 e. The van der Waals surface area contributed by atoms with Gasteiger partial charge in [0.1, 0.15) is 0 Å². The van der Waals surface area contributed by atoms with E-state index in [9.17, 15) is 9.59 Å². The fourth-order valence-electron chi connectivity index (χ4n) is 2.49. The van der Waals surface area contributed by atoms with E-state index in [-0.39, 0.29) is 5.91 Å². The Morgan fingerprint density at radius 2 is 1.73 bits per heavy atom. The zero-order valence-corrected chi connectivity index (χ0v) is 15.0. The maximum Gasteiger partial charge on any atom is 0.306 e. The normalized spacial score (nSPS) is 11.7. The topological polar surface area (TPSA) is 75.6 Å². The lowest BCUT2D eigenvalue weighted by atomic mass is 10.0. The minimum absolute atomic E-state index is 0.0556. The zero-order valence-electron chi connectivity index (χ0n) is 15.0. The first-order valence-electron chi connectivity index (χ1n) is 8.78. The molecule has 0 aliphatic carbocycles. The van der Waals surface area contributed by atoms with E-state index < -0.39 is 11.9 Å². The third-order valence-corrected chi connectivity index (χ3v) is 4.01. The van der Waals surface area contributed by atoms with E-state index in [4.69, 9.17) is 9.84 Å². The number of hydrogen-bond acceptors (Lipinski definition) is 3. The highest BCUT2D eigenvalue weighted by Gasteiger charge is 2.11. The Labute approximate surface area is 154 Å². The molecule has 5 nitrogen and oxygen atoms in total. The van der Waals surface area contributed by atoms with Crippen LogP contribution in [-0.2, 0) is 27.4 Å². The van der Waals surface area contributed by atoms with Crippen LogP contribution in [0.2, 0.25) is 0 Å². The van der Waals surface area contributed by atoms with Gasteiger partial charge in [0.05, 0.1) is 12.5 Å². The van der Waals surface area contributed by atoms with Crippen LogP contribution in [0, 0.1) is 5.92 Å². The summed E-state index contributed by atoms with van der Waals surface area (Å²) in [4.78, 5) is 22.8. The standard InChI is InChI=1S/C21H25NO4/c1-16(21(24)25)14-17-9-11-19(12-10-17)22-20(23)8-5-13-26-15-18-6-3-2-4-7-18/h2-4,6-7,9-12,16H,5,8,13-15H2,1H3,(H,22,23)(H,24,25). The highest BCUT2D eigenvalue weighted by atomic mass is 16.5. The molecule has 138 valence electrons. The number of ether oxygens (including phenoxy) is 1. The van der Waals surface area contributed by atoms with Crippen molar-refractivity contribution >= 4 is 17.6 Å². The molecule has 2 aromatic rings. The van der Waals surface area contributed by atoms with Crippen molar-refractivity contribution in [2.75, 3.05) is 11.9 Å². The molecule has 2 rings (SSSR count). The molecule has 0 spiro atoms. The van der Waals surface area contributed by atoms with E-state index in [1.807, 2.05) is 42.5 Å². The molecule has 0 aliphatic rings. The number of carbonyl (C=O) groups excluding carboxylic acids is 1. The molecule has 5 heteroatoms. The van der Waals surface area contributed by atoms with E-state index in [0.29, 0.717) is 38.2 Å². The molecular formula is C21H25NO4. The van der Waals surface area contributed by atoms with Gasteiger partial charge in [-0.15, -0.1) is 0 Å². The third kappa shape index (κ3) is 7.07. The van der Waals surface area contributed by atoms with Crippen LogP contribution in [0.15, 0.2) is 54.6 Å².